The summed E-state index contributed by atoms with van der Waals surface area (Å²) in [5, 5.41) is 9.68. The van der Waals surface area contributed by atoms with Gasteiger partial charge in [-0.15, -0.1) is 0 Å². The van der Waals surface area contributed by atoms with E-state index < -0.39 is 29.7 Å². The van der Waals surface area contributed by atoms with Crippen LogP contribution in [0.15, 0.2) is 30.3 Å². The zero-order chi connectivity index (χ0) is 21.1. The number of hydrogen-bond donors (Lipinski definition) is 1. The summed E-state index contributed by atoms with van der Waals surface area (Å²) in [6.45, 7) is 0.440. The molecule has 2 atom stereocenters. The maximum absolute atomic E-state index is 14.8. The number of rotatable bonds is 7. The molecule has 0 amide bonds. The molecule has 1 fully saturated rings. The van der Waals surface area contributed by atoms with E-state index in [1.807, 2.05) is 0 Å². The summed E-state index contributed by atoms with van der Waals surface area (Å²) < 4.78 is 44.7. The molecule has 0 aliphatic carbocycles. The summed E-state index contributed by atoms with van der Waals surface area (Å²) in [5.41, 5.74) is 0.661. The maximum atomic E-state index is 14.8. The van der Waals surface area contributed by atoms with Crippen molar-refractivity contribution in [2.24, 2.45) is 0 Å². The lowest BCUT2D eigenvalue weighted by Gasteiger charge is -2.33. The van der Waals surface area contributed by atoms with E-state index in [0.29, 0.717) is 42.2 Å². The first-order chi connectivity index (χ1) is 13.9. The maximum Gasteiger partial charge on any atom is 0.320 e. The molecule has 2 aromatic rings. The smallest absolute Gasteiger partial charge is 0.320 e. The molecule has 1 aliphatic rings. The first-order valence-corrected chi connectivity index (χ1v) is 9.15. The van der Waals surface area contributed by atoms with Crippen molar-refractivity contribution in [1.29, 1.82) is 0 Å². The van der Waals surface area contributed by atoms with E-state index in [-0.39, 0.29) is 5.56 Å². The normalized spacial score (nSPS) is 17.8. The first-order valence-electron chi connectivity index (χ1n) is 9.15. The predicted octanol–water partition coefficient (Wildman–Crippen LogP) is 3.63. The molecule has 2 unspecified atom stereocenters. The number of carboxylic acid groups (broad SMARTS) is 1. The molecule has 1 heterocycles. The SMILES string of the molecule is COc1ccc(C(c2ccc(F)cc2F)N2CCCC2C(=O)O)c(OC)c1OC. The van der Waals surface area contributed by atoms with Gasteiger partial charge < -0.3 is 19.3 Å². The van der Waals surface area contributed by atoms with E-state index in [9.17, 15) is 18.7 Å². The Kier molecular flexibility index (Phi) is 6.22. The number of nitrogens with zero attached hydrogens (tertiary/aromatic N) is 1. The predicted molar refractivity (Wildman–Crippen MR) is 102 cm³/mol. The van der Waals surface area contributed by atoms with Gasteiger partial charge in [0.2, 0.25) is 5.75 Å². The third kappa shape index (κ3) is 3.85. The average molecular weight is 407 g/mol. The monoisotopic (exact) mass is 407 g/mol. The van der Waals surface area contributed by atoms with E-state index >= 15 is 0 Å². The lowest BCUT2D eigenvalue weighted by Crippen LogP contribution is -2.39. The Hall–Kier alpha value is -2.87. The van der Waals surface area contributed by atoms with Crippen molar-refractivity contribution in [3.63, 3.8) is 0 Å². The van der Waals surface area contributed by atoms with Gasteiger partial charge >= 0.3 is 5.97 Å². The molecule has 1 saturated heterocycles. The van der Waals surface area contributed by atoms with Crippen molar-refractivity contribution in [2.75, 3.05) is 27.9 Å². The van der Waals surface area contributed by atoms with Gasteiger partial charge in [-0.2, -0.15) is 0 Å². The van der Waals surface area contributed by atoms with Crippen LogP contribution in [0.25, 0.3) is 0 Å². The van der Waals surface area contributed by atoms with Crippen LogP contribution in [0.4, 0.5) is 8.78 Å². The van der Waals surface area contributed by atoms with Crippen LogP contribution in [-0.2, 0) is 4.79 Å². The van der Waals surface area contributed by atoms with Crippen molar-refractivity contribution < 1.29 is 32.9 Å². The number of benzene rings is 2. The molecule has 3 rings (SSSR count). The molecule has 156 valence electrons. The van der Waals surface area contributed by atoms with Crippen LogP contribution >= 0.6 is 0 Å². The number of ether oxygens (including phenoxy) is 3. The molecule has 29 heavy (non-hydrogen) atoms. The minimum absolute atomic E-state index is 0.157. The Balaban J connectivity index is 2.25. The van der Waals surface area contributed by atoms with Gasteiger partial charge in [0.15, 0.2) is 11.5 Å². The molecule has 2 aromatic carbocycles. The van der Waals surface area contributed by atoms with Crippen molar-refractivity contribution >= 4 is 5.97 Å². The molecule has 0 aromatic heterocycles. The third-order valence-electron chi connectivity index (χ3n) is 5.20. The fraction of sp³-hybridized carbons (Fsp3) is 0.381. The largest absolute Gasteiger partial charge is 0.493 e. The summed E-state index contributed by atoms with van der Waals surface area (Å²) in [5.74, 6) is -1.43. The summed E-state index contributed by atoms with van der Waals surface area (Å²) in [6, 6.07) is 5.01. The zero-order valence-corrected chi connectivity index (χ0v) is 16.4. The van der Waals surface area contributed by atoms with Gasteiger partial charge in [0.05, 0.1) is 27.4 Å². The molecule has 0 spiro atoms. The Morgan fingerprint density at radius 3 is 2.34 bits per heavy atom. The molecule has 0 saturated carbocycles. The van der Waals surface area contributed by atoms with Crippen LogP contribution in [0.2, 0.25) is 0 Å². The Morgan fingerprint density at radius 2 is 1.76 bits per heavy atom. The number of likely N-dealkylation sites (tertiary alicyclic amines) is 1. The highest BCUT2D eigenvalue weighted by Gasteiger charge is 2.39. The lowest BCUT2D eigenvalue weighted by molar-refractivity contribution is -0.142. The highest BCUT2D eigenvalue weighted by molar-refractivity contribution is 5.74. The van der Waals surface area contributed by atoms with Gasteiger partial charge in [0, 0.05) is 23.7 Å². The summed E-state index contributed by atoms with van der Waals surface area (Å²) in [6.07, 6.45) is 1.08. The molecule has 1 aliphatic heterocycles. The van der Waals surface area contributed by atoms with E-state index in [2.05, 4.69) is 0 Å². The minimum atomic E-state index is -0.991. The van der Waals surface area contributed by atoms with Gasteiger partial charge in [-0.05, 0) is 31.0 Å². The van der Waals surface area contributed by atoms with Crippen molar-refractivity contribution in [2.45, 2.75) is 24.9 Å². The van der Waals surface area contributed by atoms with Crippen LogP contribution in [0.5, 0.6) is 17.2 Å². The number of hydrogen-bond acceptors (Lipinski definition) is 5. The molecule has 0 bridgehead atoms. The lowest BCUT2D eigenvalue weighted by atomic mass is 9.94. The van der Waals surface area contributed by atoms with Crippen molar-refractivity contribution in [3.8, 4) is 17.2 Å². The van der Waals surface area contributed by atoms with E-state index in [1.165, 1.54) is 27.4 Å². The number of carbonyl (C=O) groups is 1. The van der Waals surface area contributed by atoms with E-state index in [1.54, 1.807) is 17.0 Å². The zero-order valence-electron chi connectivity index (χ0n) is 16.4. The summed E-state index contributed by atoms with van der Waals surface area (Å²) >= 11 is 0. The van der Waals surface area contributed by atoms with Crippen molar-refractivity contribution in [1.82, 2.24) is 4.90 Å². The third-order valence-corrected chi connectivity index (χ3v) is 5.20. The topological polar surface area (TPSA) is 68.2 Å². The average Bonchev–Trinajstić information content (AvgIpc) is 3.18. The van der Waals surface area contributed by atoms with Crippen LogP contribution in [0.1, 0.15) is 30.0 Å². The number of halogens is 2. The Bertz CT molecular complexity index is 905. The Morgan fingerprint density at radius 1 is 1.07 bits per heavy atom. The van der Waals surface area contributed by atoms with Crippen molar-refractivity contribution in [3.05, 3.63) is 53.1 Å². The van der Waals surface area contributed by atoms with Gasteiger partial charge in [-0.1, -0.05) is 6.07 Å². The van der Waals surface area contributed by atoms with Gasteiger partial charge in [-0.25, -0.2) is 8.78 Å². The molecule has 8 heteroatoms. The van der Waals surface area contributed by atoms with E-state index in [4.69, 9.17) is 14.2 Å². The van der Waals surface area contributed by atoms with Gasteiger partial charge in [0.25, 0.3) is 0 Å². The second-order valence-corrected chi connectivity index (χ2v) is 6.73. The highest BCUT2D eigenvalue weighted by Crippen LogP contribution is 2.47. The van der Waals surface area contributed by atoms with Gasteiger partial charge in [-0.3, -0.25) is 9.69 Å². The molecular weight excluding hydrogens is 384 g/mol. The van der Waals surface area contributed by atoms with Crippen LogP contribution in [-0.4, -0.2) is 49.9 Å². The second-order valence-electron chi connectivity index (χ2n) is 6.73. The molecular formula is C21H23F2NO5. The van der Waals surface area contributed by atoms with Crippen LogP contribution < -0.4 is 14.2 Å². The highest BCUT2D eigenvalue weighted by atomic mass is 19.1. The van der Waals surface area contributed by atoms with E-state index in [0.717, 1.165) is 12.1 Å². The van der Waals surface area contributed by atoms with Crippen LogP contribution in [0, 0.1) is 11.6 Å². The fourth-order valence-electron chi connectivity index (χ4n) is 3.95. The quantitative estimate of drug-likeness (QED) is 0.756. The minimum Gasteiger partial charge on any atom is -0.493 e. The standard InChI is InChI=1S/C21H23F2NO5/c1-27-17-9-8-14(19(28-2)20(17)29-3)18(13-7-6-12(22)11-15(13)23)24-10-4-5-16(24)21(25)26/h6-9,11,16,18H,4-5,10H2,1-3H3,(H,25,26). The molecule has 6 nitrogen and oxygen atoms in total. The fourth-order valence-corrected chi connectivity index (χ4v) is 3.95. The van der Waals surface area contributed by atoms with Crippen LogP contribution in [0.3, 0.4) is 0 Å². The molecule has 0 radical (unpaired) electrons. The molecule has 1 N–H and O–H groups in total. The number of methoxy groups -OCH3 is 3. The number of aliphatic carboxylic acids is 1. The summed E-state index contributed by atoms with van der Waals surface area (Å²) in [4.78, 5) is 13.5. The second kappa shape index (κ2) is 8.65. The van der Waals surface area contributed by atoms with Gasteiger partial charge in [0.1, 0.15) is 17.7 Å². The summed E-state index contributed by atoms with van der Waals surface area (Å²) in [7, 11) is 4.38. The number of carboxylic acids is 1. The Labute approximate surface area is 167 Å². The first kappa shape index (κ1) is 20.9.